The molecule has 1 saturated heterocycles. The third-order valence-electron chi connectivity index (χ3n) is 6.51. The number of ether oxygens (including phenoxy) is 2. The topological polar surface area (TPSA) is 69.0 Å². The van der Waals surface area contributed by atoms with Crippen molar-refractivity contribution in [3.63, 3.8) is 0 Å². The first-order valence-corrected chi connectivity index (χ1v) is 13.6. The third-order valence-corrected chi connectivity index (χ3v) is 7.48. The zero-order chi connectivity index (χ0) is 24.9. The second kappa shape index (κ2) is 11.2. The van der Waals surface area contributed by atoms with Gasteiger partial charge < -0.3 is 14.4 Å². The van der Waals surface area contributed by atoms with Crippen LogP contribution in [0, 0.1) is 0 Å². The summed E-state index contributed by atoms with van der Waals surface area (Å²) in [5.74, 6) is -0.312. The standard InChI is InChI=1S/C28H32N4O3S/c1-3-5-18-35-24-14-16-31(17-15-24)23-12-10-21(11-13-23)26-30-32-19-25(29-28(32)36-26)20-6-8-22(9-7-20)27(33)34-4-2/h6-13,19,24H,3-5,14-18H2,1-2H3. The maximum absolute atomic E-state index is 11.9. The zero-order valence-corrected chi connectivity index (χ0v) is 21.7. The molecule has 0 N–H and O–H groups in total. The van der Waals surface area contributed by atoms with Gasteiger partial charge in [0.25, 0.3) is 0 Å². The van der Waals surface area contributed by atoms with Crippen LogP contribution in [-0.2, 0) is 9.47 Å². The number of benzene rings is 2. The van der Waals surface area contributed by atoms with Crippen molar-refractivity contribution >= 4 is 28.0 Å². The third kappa shape index (κ3) is 5.44. The van der Waals surface area contributed by atoms with E-state index in [4.69, 9.17) is 19.6 Å². The lowest BCUT2D eigenvalue weighted by Crippen LogP contribution is -2.37. The van der Waals surface area contributed by atoms with Gasteiger partial charge in [-0.2, -0.15) is 5.10 Å². The van der Waals surface area contributed by atoms with Crippen LogP contribution in [0.3, 0.4) is 0 Å². The number of fused-ring (bicyclic) bond motifs is 1. The normalized spacial score (nSPS) is 14.4. The molecule has 4 aromatic rings. The van der Waals surface area contributed by atoms with E-state index in [1.807, 2.05) is 22.8 Å². The number of carbonyl (C=O) groups is 1. The number of piperidine rings is 1. The van der Waals surface area contributed by atoms with Gasteiger partial charge in [-0.15, -0.1) is 0 Å². The van der Waals surface area contributed by atoms with Crippen molar-refractivity contribution in [3.8, 4) is 21.8 Å². The van der Waals surface area contributed by atoms with Crippen LogP contribution in [0.4, 0.5) is 5.69 Å². The van der Waals surface area contributed by atoms with Gasteiger partial charge in [0.2, 0.25) is 4.96 Å². The fourth-order valence-corrected chi connectivity index (χ4v) is 5.32. The lowest BCUT2D eigenvalue weighted by molar-refractivity contribution is 0.0354. The maximum atomic E-state index is 11.9. The molecule has 8 heteroatoms. The molecule has 0 unspecified atom stereocenters. The van der Waals surface area contributed by atoms with Gasteiger partial charge >= 0.3 is 5.97 Å². The van der Waals surface area contributed by atoms with Crippen LogP contribution in [-0.4, -0.2) is 53.0 Å². The minimum absolute atomic E-state index is 0.312. The average Bonchev–Trinajstić information content (AvgIpc) is 3.50. The molecule has 2 aromatic carbocycles. The van der Waals surface area contributed by atoms with Crippen molar-refractivity contribution < 1.29 is 14.3 Å². The van der Waals surface area contributed by atoms with E-state index in [0.717, 1.165) is 65.7 Å². The number of nitrogens with zero attached hydrogens (tertiary/aromatic N) is 4. The van der Waals surface area contributed by atoms with Gasteiger partial charge in [0.15, 0.2) is 0 Å². The number of hydrogen-bond acceptors (Lipinski definition) is 7. The summed E-state index contributed by atoms with van der Waals surface area (Å²) in [5.41, 5.74) is 4.64. The molecule has 2 aromatic heterocycles. The molecule has 0 atom stereocenters. The van der Waals surface area contributed by atoms with Crippen LogP contribution in [0.2, 0.25) is 0 Å². The largest absolute Gasteiger partial charge is 0.462 e. The number of aromatic nitrogens is 3. The van der Waals surface area contributed by atoms with Crippen LogP contribution in [0.25, 0.3) is 26.8 Å². The van der Waals surface area contributed by atoms with Crippen molar-refractivity contribution in [2.24, 2.45) is 0 Å². The van der Waals surface area contributed by atoms with Gasteiger partial charge in [0, 0.05) is 36.5 Å². The molecule has 1 aliphatic heterocycles. The lowest BCUT2D eigenvalue weighted by Gasteiger charge is -2.33. The molecule has 0 bridgehead atoms. The van der Waals surface area contributed by atoms with Crippen molar-refractivity contribution in [1.82, 2.24) is 14.6 Å². The predicted molar refractivity (Wildman–Crippen MR) is 144 cm³/mol. The Kier molecular flexibility index (Phi) is 7.63. The molecule has 7 nitrogen and oxygen atoms in total. The van der Waals surface area contributed by atoms with E-state index in [1.54, 1.807) is 30.4 Å². The minimum Gasteiger partial charge on any atom is -0.462 e. The quantitative estimate of drug-likeness (QED) is 0.203. The number of unbranched alkanes of at least 4 members (excludes halogenated alkanes) is 1. The van der Waals surface area contributed by atoms with E-state index >= 15 is 0 Å². The summed E-state index contributed by atoms with van der Waals surface area (Å²) in [6.45, 7) is 7.31. The van der Waals surface area contributed by atoms with Gasteiger partial charge in [-0.25, -0.2) is 14.3 Å². The first-order valence-electron chi connectivity index (χ1n) is 12.8. The summed E-state index contributed by atoms with van der Waals surface area (Å²) in [6, 6.07) is 16.0. The number of imidazole rings is 1. The van der Waals surface area contributed by atoms with Crippen LogP contribution in [0.1, 0.15) is 49.9 Å². The molecule has 3 heterocycles. The Balaban J connectivity index is 1.22. The number of hydrogen-bond donors (Lipinski definition) is 0. The van der Waals surface area contributed by atoms with Crippen molar-refractivity contribution in [2.75, 3.05) is 31.2 Å². The second-order valence-corrected chi connectivity index (χ2v) is 9.97. The Bertz CT molecular complexity index is 1260. The first-order chi connectivity index (χ1) is 17.6. The average molecular weight is 505 g/mol. The number of carbonyl (C=O) groups excluding carboxylic acids is 1. The van der Waals surface area contributed by atoms with Crippen LogP contribution >= 0.6 is 11.3 Å². The van der Waals surface area contributed by atoms with E-state index in [9.17, 15) is 4.79 Å². The number of anilines is 1. The molecule has 188 valence electrons. The first kappa shape index (κ1) is 24.5. The molecule has 5 rings (SSSR count). The maximum Gasteiger partial charge on any atom is 0.338 e. The van der Waals surface area contributed by atoms with Crippen molar-refractivity contribution in [3.05, 3.63) is 60.3 Å². The van der Waals surface area contributed by atoms with Gasteiger partial charge in [0.05, 0.1) is 30.2 Å². The van der Waals surface area contributed by atoms with Crippen molar-refractivity contribution in [1.29, 1.82) is 0 Å². The van der Waals surface area contributed by atoms with E-state index in [2.05, 4.69) is 36.1 Å². The molecular weight excluding hydrogens is 472 g/mol. The molecular formula is C28H32N4O3S. The number of rotatable bonds is 9. The van der Waals surface area contributed by atoms with E-state index in [-0.39, 0.29) is 5.97 Å². The Hall–Kier alpha value is -3.23. The van der Waals surface area contributed by atoms with E-state index < -0.39 is 0 Å². The summed E-state index contributed by atoms with van der Waals surface area (Å²) < 4.78 is 12.9. The van der Waals surface area contributed by atoms with Gasteiger partial charge in [-0.05, 0) is 62.6 Å². The van der Waals surface area contributed by atoms with Gasteiger partial charge in [-0.3, -0.25) is 0 Å². The van der Waals surface area contributed by atoms with E-state index in [0.29, 0.717) is 18.3 Å². The monoisotopic (exact) mass is 504 g/mol. The zero-order valence-electron chi connectivity index (χ0n) is 20.9. The molecule has 1 fully saturated rings. The summed E-state index contributed by atoms with van der Waals surface area (Å²) >= 11 is 1.57. The summed E-state index contributed by atoms with van der Waals surface area (Å²) in [7, 11) is 0. The van der Waals surface area contributed by atoms with Crippen LogP contribution in [0.5, 0.6) is 0 Å². The highest BCUT2D eigenvalue weighted by Gasteiger charge is 2.20. The summed E-state index contributed by atoms with van der Waals surface area (Å²) in [5, 5.41) is 5.70. The predicted octanol–water partition coefficient (Wildman–Crippen LogP) is 6.09. The van der Waals surface area contributed by atoms with Gasteiger partial charge in [-0.1, -0.05) is 36.8 Å². The number of esters is 1. The van der Waals surface area contributed by atoms with Crippen molar-refractivity contribution in [2.45, 2.75) is 45.6 Å². The Morgan fingerprint density at radius 3 is 2.42 bits per heavy atom. The molecule has 0 spiro atoms. The fourth-order valence-electron chi connectivity index (χ4n) is 4.44. The SMILES string of the molecule is CCCCOC1CCN(c2ccc(-c3nn4cc(-c5ccc(C(=O)OCC)cc5)nc4s3)cc2)CC1. The van der Waals surface area contributed by atoms with Crippen LogP contribution in [0.15, 0.2) is 54.7 Å². The molecule has 0 saturated carbocycles. The summed E-state index contributed by atoms with van der Waals surface area (Å²) in [6.07, 6.45) is 6.83. The highest BCUT2D eigenvalue weighted by Crippen LogP contribution is 2.30. The van der Waals surface area contributed by atoms with Crippen LogP contribution < -0.4 is 4.90 Å². The Morgan fingerprint density at radius 2 is 1.75 bits per heavy atom. The molecule has 36 heavy (non-hydrogen) atoms. The Labute approximate surface area is 215 Å². The molecule has 1 aliphatic rings. The highest BCUT2D eigenvalue weighted by atomic mass is 32.1. The highest BCUT2D eigenvalue weighted by molar-refractivity contribution is 7.19. The molecule has 0 aliphatic carbocycles. The smallest absolute Gasteiger partial charge is 0.338 e. The second-order valence-electron chi connectivity index (χ2n) is 9.02. The molecule has 0 radical (unpaired) electrons. The fraction of sp³-hybridized carbons (Fsp3) is 0.393. The van der Waals surface area contributed by atoms with E-state index in [1.165, 1.54) is 12.1 Å². The summed E-state index contributed by atoms with van der Waals surface area (Å²) in [4.78, 5) is 19.9. The van der Waals surface area contributed by atoms with Gasteiger partial charge in [0.1, 0.15) is 5.01 Å². The molecule has 0 amide bonds. The Morgan fingerprint density at radius 1 is 1.03 bits per heavy atom. The minimum atomic E-state index is -0.312. The lowest BCUT2D eigenvalue weighted by atomic mass is 10.1.